The molecule has 3 fully saturated rings. The van der Waals surface area contributed by atoms with Crippen LogP contribution in [-0.4, -0.2) is 122 Å². The molecule has 3 amide bonds. The molecule has 5 unspecified atom stereocenters. The minimum atomic E-state index is -1.77. The van der Waals surface area contributed by atoms with Gasteiger partial charge in [-0.05, 0) is 84.9 Å². The van der Waals surface area contributed by atoms with Crippen LogP contribution in [0.4, 0.5) is 4.79 Å². The SMILES string of the molecule is CC(CCCC(=O)N1CCN(C(=O)NCC(O)C(O)C(O)C(O)CO)CC1)c1ccc(Cl)c(CNC2(c3cnccc3-c3ccccc3OC3CC3)CC2)c1. The average Bonchev–Trinajstić information content (AvgIpc) is 4.16. The number of urea groups is 1. The monoisotopic (exact) mass is 779 g/mol. The van der Waals surface area contributed by atoms with Crippen molar-refractivity contribution in [1.82, 2.24) is 25.4 Å². The molecule has 6 rings (SSSR count). The van der Waals surface area contributed by atoms with E-state index >= 15 is 0 Å². The number of carbonyl (C=O) groups is 2. The van der Waals surface area contributed by atoms with Crippen molar-refractivity contribution >= 4 is 23.5 Å². The number of aliphatic hydroxyl groups is 5. The van der Waals surface area contributed by atoms with Gasteiger partial charge in [0.15, 0.2) is 0 Å². The predicted molar refractivity (Wildman–Crippen MR) is 207 cm³/mol. The van der Waals surface area contributed by atoms with Crippen molar-refractivity contribution in [3.8, 4) is 16.9 Å². The Morgan fingerprint density at radius 2 is 1.67 bits per heavy atom. The molecule has 13 nitrogen and oxygen atoms in total. The van der Waals surface area contributed by atoms with Crippen LogP contribution in [0.3, 0.4) is 0 Å². The smallest absolute Gasteiger partial charge is 0.317 e. The number of para-hydroxylation sites is 1. The molecule has 0 spiro atoms. The largest absolute Gasteiger partial charge is 0.490 e. The molecule has 5 atom stereocenters. The van der Waals surface area contributed by atoms with E-state index in [1.807, 2.05) is 24.5 Å². The quantitative estimate of drug-likeness (QED) is 0.101. The normalized spacial score (nSPS) is 19.3. The van der Waals surface area contributed by atoms with Gasteiger partial charge in [0.1, 0.15) is 24.1 Å². The zero-order valence-corrected chi connectivity index (χ0v) is 32.1. The Labute approximate surface area is 327 Å². The Kier molecular flexibility index (Phi) is 13.7. The summed E-state index contributed by atoms with van der Waals surface area (Å²) in [5.74, 6) is 1.17. The van der Waals surface area contributed by atoms with Crippen LogP contribution in [-0.2, 0) is 16.9 Å². The first-order valence-electron chi connectivity index (χ1n) is 19.4. The number of amides is 3. The van der Waals surface area contributed by atoms with E-state index in [0.29, 0.717) is 56.7 Å². The van der Waals surface area contributed by atoms with Gasteiger partial charge < -0.3 is 50.7 Å². The average molecular weight is 780 g/mol. The van der Waals surface area contributed by atoms with E-state index in [-0.39, 0.29) is 23.9 Å². The fraction of sp³-hybridized carbons (Fsp3) is 0.537. The van der Waals surface area contributed by atoms with Crippen molar-refractivity contribution in [1.29, 1.82) is 0 Å². The van der Waals surface area contributed by atoms with E-state index in [4.69, 9.17) is 21.4 Å². The first kappa shape index (κ1) is 40.8. The Morgan fingerprint density at radius 3 is 2.38 bits per heavy atom. The van der Waals surface area contributed by atoms with Gasteiger partial charge in [-0.15, -0.1) is 0 Å². The molecule has 55 heavy (non-hydrogen) atoms. The highest BCUT2D eigenvalue weighted by atomic mass is 35.5. The summed E-state index contributed by atoms with van der Waals surface area (Å²) in [6, 6.07) is 16.0. The van der Waals surface area contributed by atoms with E-state index in [1.165, 1.54) is 16.0 Å². The molecule has 2 aromatic carbocycles. The maximum atomic E-state index is 13.1. The first-order chi connectivity index (χ1) is 26.5. The summed E-state index contributed by atoms with van der Waals surface area (Å²) in [5.41, 5.74) is 5.40. The molecular formula is C41H54ClN5O8. The molecule has 0 radical (unpaired) electrons. The second-order valence-corrected chi connectivity index (χ2v) is 15.6. The maximum Gasteiger partial charge on any atom is 0.317 e. The van der Waals surface area contributed by atoms with Crippen molar-refractivity contribution < 1.29 is 39.9 Å². The van der Waals surface area contributed by atoms with Gasteiger partial charge in [0, 0.05) is 74.2 Å². The summed E-state index contributed by atoms with van der Waals surface area (Å²) in [5, 5.41) is 55.2. The van der Waals surface area contributed by atoms with E-state index in [2.05, 4.69) is 58.9 Å². The number of nitrogens with one attached hydrogen (secondary N) is 2. The third kappa shape index (κ3) is 10.3. The molecule has 0 bridgehead atoms. The van der Waals surface area contributed by atoms with Gasteiger partial charge in [-0.2, -0.15) is 0 Å². The molecule has 2 heterocycles. The highest BCUT2D eigenvalue weighted by Gasteiger charge is 2.46. The van der Waals surface area contributed by atoms with E-state index < -0.39 is 37.1 Å². The second-order valence-electron chi connectivity index (χ2n) is 15.2. The molecule has 298 valence electrons. The third-order valence-electron chi connectivity index (χ3n) is 11.1. The van der Waals surface area contributed by atoms with Crippen LogP contribution in [0.25, 0.3) is 11.1 Å². The number of benzene rings is 2. The van der Waals surface area contributed by atoms with Gasteiger partial charge in [-0.3, -0.25) is 9.78 Å². The van der Waals surface area contributed by atoms with Gasteiger partial charge in [-0.1, -0.05) is 48.9 Å². The molecule has 2 aliphatic carbocycles. The van der Waals surface area contributed by atoms with Crippen LogP contribution in [0, 0.1) is 0 Å². The molecule has 14 heteroatoms. The number of piperazine rings is 1. The molecule has 1 aromatic heterocycles. The Hall–Kier alpha value is -3.82. The fourth-order valence-corrected chi connectivity index (χ4v) is 7.35. The molecule has 1 aliphatic heterocycles. The lowest BCUT2D eigenvalue weighted by molar-refractivity contribution is -0.132. The molecule has 2 saturated carbocycles. The third-order valence-corrected chi connectivity index (χ3v) is 11.4. The number of halogens is 1. The minimum Gasteiger partial charge on any atom is -0.490 e. The number of rotatable bonds is 18. The van der Waals surface area contributed by atoms with Crippen molar-refractivity contribution in [2.45, 2.75) is 100 Å². The Bertz CT molecular complexity index is 1770. The molecule has 1 saturated heterocycles. The Balaban J connectivity index is 0.956. The lowest BCUT2D eigenvalue weighted by Gasteiger charge is -2.35. The maximum absolute atomic E-state index is 13.1. The summed E-state index contributed by atoms with van der Waals surface area (Å²) < 4.78 is 6.27. The fourth-order valence-electron chi connectivity index (χ4n) is 7.17. The summed E-state index contributed by atoms with van der Waals surface area (Å²) in [4.78, 5) is 33.4. The van der Waals surface area contributed by atoms with Crippen LogP contribution < -0.4 is 15.4 Å². The first-order valence-corrected chi connectivity index (χ1v) is 19.7. The topological polar surface area (TPSA) is 188 Å². The lowest BCUT2D eigenvalue weighted by atomic mass is 9.93. The number of hydrogen-bond acceptors (Lipinski definition) is 10. The van der Waals surface area contributed by atoms with E-state index in [9.17, 15) is 30.0 Å². The van der Waals surface area contributed by atoms with Crippen molar-refractivity contribution in [3.63, 3.8) is 0 Å². The van der Waals surface area contributed by atoms with Gasteiger partial charge in [0.05, 0.1) is 18.8 Å². The molecule has 3 aliphatic rings. The van der Waals surface area contributed by atoms with Gasteiger partial charge in [0.25, 0.3) is 0 Å². The number of aromatic nitrogens is 1. The van der Waals surface area contributed by atoms with E-state index in [1.54, 1.807) is 4.90 Å². The number of hydrogen-bond donors (Lipinski definition) is 7. The van der Waals surface area contributed by atoms with Crippen molar-refractivity contribution in [2.24, 2.45) is 0 Å². The van der Waals surface area contributed by atoms with Crippen LogP contribution in [0.15, 0.2) is 60.9 Å². The molecule has 7 N–H and O–H groups in total. The predicted octanol–water partition coefficient (Wildman–Crippen LogP) is 3.29. The van der Waals surface area contributed by atoms with Crippen LogP contribution in [0.5, 0.6) is 5.75 Å². The zero-order valence-electron chi connectivity index (χ0n) is 31.3. The minimum absolute atomic E-state index is 0.0365. The van der Waals surface area contributed by atoms with Crippen LogP contribution in [0.2, 0.25) is 5.02 Å². The number of nitrogens with zero attached hydrogens (tertiary/aromatic N) is 3. The molecular weight excluding hydrogens is 726 g/mol. The highest BCUT2D eigenvalue weighted by Crippen LogP contribution is 2.50. The van der Waals surface area contributed by atoms with Gasteiger partial charge >= 0.3 is 6.03 Å². The van der Waals surface area contributed by atoms with Crippen LogP contribution >= 0.6 is 11.6 Å². The van der Waals surface area contributed by atoms with Gasteiger partial charge in [-0.25, -0.2) is 4.79 Å². The standard InChI is InChI=1S/C41H54ClN5O8/c1-26(5-4-8-37(51)46-17-19-47(20-18-46)40(54)44-24-34(49)38(52)39(53)35(50)25-48)27-9-12-33(42)28(21-27)22-45-41(14-15-41)32-23-43-16-13-30(32)31-6-2-3-7-36(31)55-29-10-11-29/h2-3,6-7,9,12-13,16,21,23,26,29,34-35,38-39,45,48-50,52-53H,4-5,8,10-11,14-15,17-20,22,24-25H2,1H3,(H,44,54). The Morgan fingerprint density at radius 1 is 0.964 bits per heavy atom. The summed E-state index contributed by atoms with van der Waals surface area (Å²) in [6.45, 7) is 3.00. The summed E-state index contributed by atoms with van der Waals surface area (Å²) in [6.07, 6.45) is 3.56. The highest BCUT2D eigenvalue weighted by molar-refractivity contribution is 6.31. The number of ether oxygens (including phenoxy) is 1. The zero-order chi connectivity index (χ0) is 39.1. The van der Waals surface area contributed by atoms with Crippen molar-refractivity contribution in [2.75, 3.05) is 39.3 Å². The summed E-state index contributed by atoms with van der Waals surface area (Å²) in [7, 11) is 0. The number of carbonyl (C=O) groups excluding carboxylic acids is 2. The summed E-state index contributed by atoms with van der Waals surface area (Å²) >= 11 is 6.74. The van der Waals surface area contributed by atoms with Crippen LogP contribution in [0.1, 0.15) is 74.5 Å². The second kappa shape index (κ2) is 18.4. The van der Waals surface area contributed by atoms with Crippen molar-refractivity contribution in [3.05, 3.63) is 82.6 Å². The lowest BCUT2D eigenvalue weighted by Crippen LogP contribution is -2.55. The number of aliphatic hydroxyl groups excluding tert-OH is 5. The van der Waals surface area contributed by atoms with Gasteiger partial charge in [0.2, 0.25) is 5.91 Å². The molecule has 3 aromatic rings. The number of pyridine rings is 1. The van der Waals surface area contributed by atoms with E-state index in [0.717, 1.165) is 54.5 Å².